The van der Waals surface area contributed by atoms with E-state index < -0.39 is 5.82 Å². The standard InChI is InChI=1S/C17H20FN3O3/c1-11-15(12(2)24-20-11)7-8-17(23)21(3)10-16(22)19-14-6-4-5-13(18)9-14/h4-6,9H,7-8,10H2,1-3H3,(H,19,22). The molecule has 1 N–H and O–H groups in total. The van der Waals surface area contributed by atoms with Crippen LogP contribution in [-0.4, -0.2) is 35.5 Å². The summed E-state index contributed by atoms with van der Waals surface area (Å²) in [5.41, 5.74) is 2.05. The predicted octanol–water partition coefficient (Wildman–Crippen LogP) is 2.46. The van der Waals surface area contributed by atoms with Crippen LogP contribution in [0.4, 0.5) is 10.1 Å². The number of rotatable bonds is 6. The van der Waals surface area contributed by atoms with Gasteiger partial charge in [-0.15, -0.1) is 0 Å². The molecule has 2 amide bonds. The maximum Gasteiger partial charge on any atom is 0.243 e. The van der Waals surface area contributed by atoms with E-state index in [0.29, 0.717) is 17.9 Å². The summed E-state index contributed by atoms with van der Waals surface area (Å²) < 4.78 is 18.1. The first-order chi connectivity index (χ1) is 11.4. The molecule has 0 bridgehead atoms. The molecule has 2 aromatic rings. The number of hydrogen-bond acceptors (Lipinski definition) is 4. The van der Waals surface area contributed by atoms with Gasteiger partial charge in [0.05, 0.1) is 12.2 Å². The number of aryl methyl sites for hydroxylation is 2. The van der Waals surface area contributed by atoms with Crippen molar-refractivity contribution < 1.29 is 18.5 Å². The number of halogens is 1. The number of hydrogen-bond donors (Lipinski definition) is 1. The van der Waals surface area contributed by atoms with Gasteiger partial charge in [-0.3, -0.25) is 9.59 Å². The summed E-state index contributed by atoms with van der Waals surface area (Å²) in [6, 6.07) is 5.60. The monoisotopic (exact) mass is 333 g/mol. The highest BCUT2D eigenvalue weighted by atomic mass is 19.1. The summed E-state index contributed by atoms with van der Waals surface area (Å²) in [6.07, 6.45) is 0.766. The molecule has 0 unspecified atom stereocenters. The topological polar surface area (TPSA) is 75.4 Å². The maximum atomic E-state index is 13.1. The maximum absolute atomic E-state index is 13.1. The van der Waals surface area contributed by atoms with Gasteiger partial charge in [-0.05, 0) is 38.5 Å². The SMILES string of the molecule is Cc1noc(C)c1CCC(=O)N(C)CC(=O)Nc1cccc(F)c1. The van der Waals surface area contributed by atoms with Crippen molar-refractivity contribution >= 4 is 17.5 Å². The van der Waals surface area contributed by atoms with E-state index in [9.17, 15) is 14.0 Å². The first-order valence-electron chi connectivity index (χ1n) is 7.58. The molecule has 0 saturated carbocycles. The number of aromatic nitrogens is 1. The zero-order valence-corrected chi connectivity index (χ0v) is 13.9. The fraction of sp³-hybridized carbons (Fsp3) is 0.353. The lowest BCUT2D eigenvalue weighted by Gasteiger charge is -2.16. The minimum atomic E-state index is -0.434. The third kappa shape index (κ3) is 4.65. The summed E-state index contributed by atoms with van der Waals surface area (Å²) >= 11 is 0. The molecule has 0 aliphatic heterocycles. The largest absolute Gasteiger partial charge is 0.361 e. The lowest BCUT2D eigenvalue weighted by Crippen LogP contribution is -2.35. The second kappa shape index (κ2) is 7.72. The molecule has 0 aliphatic carbocycles. The number of carbonyl (C=O) groups is 2. The number of carbonyl (C=O) groups excluding carboxylic acids is 2. The first-order valence-corrected chi connectivity index (χ1v) is 7.58. The second-order valence-electron chi connectivity index (χ2n) is 5.61. The Balaban J connectivity index is 1.83. The smallest absolute Gasteiger partial charge is 0.243 e. The molecular formula is C17H20FN3O3. The minimum absolute atomic E-state index is 0.100. The third-order valence-corrected chi connectivity index (χ3v) is 3.68. The normalized spacial score (nSPS) is 10.5. The molecule has 0 radical (unpaired) electrons. The Kier molecular flexibility index (Phi) is 5.68. The van der Waals surface area contributed by atoms with E-state index in [1.54, 1.807) is 20.0 Å². The van der Waals surface area contributed by atoms with Gasteiger partial charge in [-0.1, -0.05) is 11.2 Å². The molecule has 24 heavy (non-hydrogen) atoms. The summed E-state index contributed by atoms with van der Waals surface area (Å²) in [7, 11) is 1.56. The van der Waals surface area contributed by atoms with Gasteiger partial charge in [-0.2, -0.15) is 0 Å². The summed E-state index contributed by atoms with van der Waals surface area (Å²) in [4.78, 5) is 25.4. The molecule has 1 aromatic carbocycles. The van der Waals surface area contributed by atoms with Gasteiger partial charge >= 0.3 is 0 Å². The van der Waals surface area contributed by atoms with Crippen LogP contribution in [0, 0.1) is 19.7 Å². The van der Waals surface area contributed by atoms with Crippen LogP contribution in [0.5, 0.6) is 0 Å². The number of nitrogens with zero attached hydrogens (tertiary/aromatic N) is 2. The van der Waals surface area contributed by atoms with E-state index in [1.165, 1.54) is 23.1 Å². The second-order valence-corrected chi connectivity index (χ2v) is 5.61. The van der Waals surface area contributed by atoms with Gasteiger partial charge in [0.1, 0.15) is 11.6 Å². The number of amides is 2. The van der Waals surface area contributed by atoms with E-state index in [4.69, 9.17) is 4.52 Å². The van der Waals surface area contributed by atoms with Gasteiger partial charge in [0.2, 0.25) is 11.8 Å². The average molecular weight is 333 g/mol. The van der Waals surface area contributed by atoms with Crippen molar-refractivity contribution in [2.45, 2.75) is 26.7 Å². The van der Waals surface area contributed by atoms with Crippen LogP contribution < -0.4 is 5.32 Å². The van der Waals surface area contributed by atoms with Crippen LogP contribution in [0.3, 0.4) is 0 Å². The molecule has 7 heteroatoms. The van der Waals surface area contributed by atoms with Crippen LogP contribution in [0.2, 0.25) is 0 Å². The predicted molar refractivity (Wildman–Crippen MR) is 87.0 cm³/mol. The molecular weight excluding hydrogens is 313 g/mol. The summed E-state index contributed by atoms with van der Waals surface area (Å²) in [5.74, 6) is -0.276. The zero-order valence-electron chi connectivity index (χ0n) is 13.9. The molecule has 0 spiro atoms. The van der Waals surface area contributed by atoms with Gasteiger partial charge in [0.25, 0.3) is 0 Å². The quantitative estimate of drug-likeness (QED) is 0.881. The van der Waals surface area contributed by atoms with E-state index in [2.05, 4.69) is 10.5 Å². The van der Waals surface area contributed by atoms with Crippen LogP contribution >= 0.6 is 0 Å². The molecule has 1 heterocycles. The highest BCUT2D eigenvalue weighted by Crippen LogP contribution is 2.15. The van der Waals surface area contributed by atoms with Crippen molar-refractivity contribution in [3.63, 3.8) is 0 Å². The molecule has 0 atom stereocenters. The van der Waals surface area contributed by atoms with Crippen molar-refractivity contribution in [2.24, 2.45) is 0 Å². The van der Waals surface area contributed by atoms with Crippen molar-refractivity contribution in [1.29, 1.82) is 0 Å². The van der Waals surface area contributed by atoms with Crippen molar-refractivity contribution in [3.8, 4) is 0 Å². The molecule has 128 valence electrons. The average Bonchev–Trinajstić information content (AvgIpc) is 2.83. The van der Waals surface area contributed by atoms with E-state index in [-0.39, 0.29) is 24.8 Å². The van der Waals surface area contributed by atoms with Crippen LogP contribution in [0.15, 0.2) is 28.8 Å². The molecule has 1 aromatic heterocycles. The van der Waals surface area contributed by atoms with Gasteiger partial charge < -0.3 is 14.7 Å². The molecule has 0 fully saturated rings. The Morgan fingerprint density at radius 1 is 1.33 bits per heavy atom. The number of anilines is 1. The van der Waals surface area contributed by atoms with Gasteiger partial charge in [0, 0.05) is 24.7 Å². The molecule has 2 rings (SSSR count). The highest BCUT2D eigenvalue weighted by molar-refractivity contribution is 5.94. The van der Waals surface area contributed by atoms with Gasteiger partial charge in [-0.25, -0.2) is 4.39 Å². The Labute approximate surface area is 139 Å². The van der Waals surface area contributed by atoms with E-state index >= 15 is 0 Å². The summed E-state index contributed by atoms with van der Waals surface area (Å²) in [6.45, 7) is 3.53. The number of likely N-dealkylation sites (N-methyl/N-ethyl adjacent to an activating group) is 1. The number of benzene rings is 1. The third-order valence-electron chi connectivity index (χ3n) is 3.68. The fourth-order valence-electron chi connectivity index (χ4n) is 2.35. The Morgan fingerprint density at radius 2 is 2.08 bits per heavy atom. The number of nitrogens with one attached hydrogen (secondary N) is 1. The summed E-state index contributed by atoms with van der Waals surface area (Å²) in [5, 5.41) is 6.41. The molecule has 0 saturated heterocycles. The van der Waals surface area contributed by atoms with E-state index in [0.717, 1.165) is 11.3 Å². The lowest BCUT2D eigenvalue weighted by molar-refractivity contribution is -0.133. The lowest BCUT2D eigenvalue weighted by atomic mass is 10.1. The fourth-order valence-corrected chi connectivity index (χ4v) is 2.35. The highest BCUT2D eigenvalue weighted by Gasteiger charge is 2.16. The van der Waals surface area contributed by atoms with Crippen LogP contribution in [0.25, 0.3) is 0 Å². The molecule has 6 nitrogen and oxygen atoms in total. The zero-order chi connectivity index (χ0) is 17.7. The Hall–Kier alpha value is -2.70. The van der Waals surface area contributed by atoms with E-state index in [1.807, 2.05) is 6.92 Å². The molecule has 0 aliphatic rings. The van der Waals surface area contributed by atoms with Crippen molar-refractivity contribution in [3.05, 3.63) is 47.1 Å². The van der Waals surface area contributed by atoms with Crippen LogP contribution in [-0.2, 0) is 16.0 Å². The minimum Gasteiger partial charge on any atom is -0.361 e. The van der Waals surface area contributed by atoms with Crippen LogP contribution in [0.1, 0.15) is 23.4 Å². The van der Waals surface area contributed by atoms with Gasteiger partial charge in [0.15, 0.2) is 0 Å². The first kappa shape index (κ1) is 17.7. The van der Waals surface area contributed by atoms with Crippen molar-refractivity contribution in [2.75, 3.05) is 18.9 Å². The Morgan fingerprint density at radius 3 is 2.71 bits per heavy atom. The van der Waals surface area contributed by atoms with Crippen molar-refractivity contribution in [1.82, 2.24) is 10.1 Å². The Bertz CT molecular complexity index is 723.